The van der Waals surface area contributed by atoms with E-state index in [9.17, 15) is 0 Å². The summed E-state index contributed by atoms with van der Waals surface area (Å²) in [6.07, 6.45) is 2.89. The molecule has 1 heterocycles. The molecule has 0 aliphatic heterocycles. The molecule has 2 rings (SSSR count). The van der Waals surface area contributed by atoms with Crippen molar-refractivity contribution >= 4 is 11.6 Å². The van der Waals surface area contributed by atoms with E-state index in [1.165, 1.54) is 5.56 Å². The van der Waals surface area contributed by atoms with Crippen LogP contribution in [0.1, 0.15) is 37.3 Å². The highest BCUT2D eigenvalue weighted by atomic mass is 35.5. The molecular weight excluding hydrogens is 284 g/mol. The SMILES string of the molecule is CCC(C)c1ccc(Oc2ncc(CNC)cc2Cl)cc1. The first kappa shape index (κ1) is 15.8. The van der Waals surface area contributed by atoms with Gasteiger partial charge in [0, 0.05) is 12.7 Å². The minimum atomic E-state index is 0.438. The molecule has 1 unspecified atom stereocenters. The Morgan fingerprint density at radius 1 is 1.29 bits per heavy atom. The zero-order chi connectivity index (χ0) is 15.2. The van der Waals surface area contributed by atoms with Gasteiger partial charge < -0.3 is 10.1 Å². The second-order valence-corrected chi connectivity index (χ2v) is 5.55. The Hall–Kier alpha value is -1.58. The van der Waals surface area contributed by atoms with Crippen molar-refractivity contribution < 1.29 is 4.74 Å². The zero-order valence-electron chi connectivity index (χ0n) is 12.7. The van der Waals surface area contributed by atoms with Crippen LogP contribution in [0, 0.1) is 0 Å². The van der Waals surface area contributed by atoms with E-state index in [2.05, 4.69) is 36.3 Å². The van der Waals surface area contributed by atoms with Gasteiger partial charge in [-0.25, -0.2) is 4.98 Å². The van der Waals surface area contributed by atoms with E-state index in [1.807, 2.05) is 25.2 Å². The van der Waals surface area contributed by atoms with Gasteiger partial charge in [-0.15, -0.1) is 0 Å². The Bertz CT molecular complexity index is 584. The van der Waals surface area contributed by atoms with Crippen LogP contribution in [0.2, 0.25) is 5.02 Å². The van der Waals surface area contributed by atoms with Crippen LogP contribution >= 0.6 is 11.6 Å². The van der Waals surface area contributed by atoms with Crippen molar-refractivity contribution in [2.45, 2.75) is 32.7 Å². The number of aromatic nitrogens is 1. The number of pyridine rings is 1. The highest BCUT2D eigenvalue weighted by Gasteiger charge is 2.07. The van der Waals surface area contributed by atoms with Crippen LogP contribution in [0.5, 0.6) is 11.6 Å². The molecule has 112 valence electrons. The number of hydrogen-bond donors (Lipinski definition) is 1. The molecule has 0 fully saturated rings. The summed E-state index contributed by atoms with van der Waals surface area (Å²) in [6.45, 7) is 5.14. The lowest BCUT2D eigenvalue weighted by Gasteiger charge is -2.11. The Balaban J connectivity index is 2.11. The van der Waals surface area contributed by atoms with Crippen molar-refractivity contribution in [3.63, 3.8) is 0 Å². The molecule has 1 aromatic carbocycles. The molecule has 0 aliphatic carbocycles. The molecule has 1 atom stereocenters. The number of hydrogen-bond acceptors (Lipinski definition) is 3. The van der Waals surface area contributed by atoms with Crippen molar-refractivity contribution in [3.8, 4) is 11.6 Å². The predicted octanol–water partition coefficient (Wildman–Crippen LogP) is 4.76. The van der Waals surface area contributed by atoms with Gasteiger partial charge in [0.2, 0.25) is 5.88 Å². The monoisotopic (exact) mass is 304 g/mol. The summed E-state index contributed by atoms with van der Waals surface area (Å²) >= 11 is 6.20. The summed E-state index contributed by atoms with van der Waals surface area (Å²) in [5.41, 5.74) is 2.34. The summed E-state index contributed by atoms with van der Waals surface area (Å²) < 4.78 is 5.75. The molecule has 0 amide bonds. The third-order valence-corrected chi connectivity index (χ3v) is 3.79. The highest BCUT2D eigenvalue weighted by Crippen LogP contribution is 2.29. The van der Waals surface area contributed by atoms with E-state index >= 15 is 0 Å². The number of benzene rings is 1. The van der Waals surface area contributed by atoms with Gasteiger partial charge in [0.1, 0.15) is 10.8 Å². The van der Waals surface area contributed by atoms with Crippen molar-refractivity contribution in [2.24, 2.45) is 0 Å². The molecule has 21 heavy (non-hydrogen) atoms. The number of nitrogens with one attached hydrogen (secondary N) is 1. The molecule has 1 N–H and O–H groups in total. The second kappa shape index (κ2) is 7.43. The summed E-state index contributed by atoms with van der Waals surface area (Å²) in [4.78, 5) is 4.27. The van der Waals surface area contributed by atoms with E-state index in [4.69, 9.17) is 16.3 Å². The fourth-order valence-corrected chi connectivity index (χ4v) is 2.28. The minimum absolute atomic E-state index is 0.438. The van der Waals surface area contributed by atoms with Gasteiger partial charge >= 0.3 is 0 Å². The highest BCUT2D eigenvalue weighted by molar-refractivity contribution is 6.31. The van der Waals surface area contributed by atoms with E-state index in [0.717, 1.165) is 24.3 Å². The second-order valence-electron chi connectivity index (χ2n) is 5.14. The van der Waals surface area contributed by atoms with E-state index < -0.39 is 0 Å². The Morgan fingerprint density at radius 3 is 2.57 bits per heavy atom. The van der Waals surface area contributed by atoms with Crippen molar-refractivity contribution in [2.75, 3.05) is 7.05 Å². The van der Waals surface area contributed by atoms with Gasteiger partial charge in [0.15, 0.2) is 0 Å². The van der Waals surface area contributed by atoms with Gasteiger partial charge in [-0.3, -0.25) is 0 Å². The van der Waals surface area contributed by atoms with Crippen LogP contribution in [0.3, 0.4) is 0 Å². The van der Waals surface area contributed by atoms with Gasteiger partial charge in [0.25, 0.3) is 0 Å². The van der Waals surface area contributed by atoms with E-state index in [0.29, 0.717) is 16.8 Å². The molecule has 2 aromatic rings. The number of halogens is 1. The van der Waals surface area contributed by atoms with Gasteiger partial charge in [0.05, 0.1) is 0 Å². The average molecular weight is 305 g/mol. The third kappa shape index (κ3) is 4.19. The van der Waals surface area contributed by atoms with Crippen LogP contribution in [0.25, 0.3) is 0 Å². The molecule has 0 radical (unpaired) electrons. The number of rotatable bonds is 6. The molecule has 0 saturated carbocycles. The maximum atomic E-state index is 6.20. The van der Waals surface area contributed by atoms with Gasteiger partial charge in [-0.1, -0.05) is 37.6 Å². The van der Waals surface area contributed by atoms with Gasteiger partial charge in [-0.2, -0.15) is 0 Å². The minimum Gasteiger partial charge on any atom is -0.438 e. The standard InChI is InChI=1S/C17H21ClN2O/c1-4-12(2)14-5-7-15(8-6-14)21-17-16(18)9-13(10-19-3)11-20-17/h5-9,11-12,19H,4,10H2,1-3H3. The van der Waals surface area contributed by atoms with E-state index in [1.54, 1.807) is 6.20 Å². The lowest BCUT2D eigenvalue weighted by molar-refractivity contribution is 0.462. The van der Waals surface area contributed by atoms with Crippen LogP contribution in [0.4, 0.5) is 0 Å². The molecule has 3 nitrogen and oxygen atoms in total. The molecular formula is C17H21ClN2O. The fourth-order valence-electron chi connectivity index (χ4n) is 2.05. The van der Waals surface area contributed by atoms with Crippen LogP contribution in [0.15, 0.2) is 36.5 Å². The molecule has 0 spiro atoms. The fraction of sp³-hybridized carbons (Fsp3) is 0.353. The number of nitrogens with zero attached hydrogens (tertiary/aromatic N) is 1. The first-order valence-electron chi connectivity index (χ1n) is 7.20. The first-order valence-corrected chi connectivity index (χ1v) is 7.58. The molecule has 4 heteroatoms. The smallest absolute Gasteiger partial charge is 0.238 e. The van der Waals surface area contributed by atoms with Gasteiger partial charge in [-0.05, 0) is 48.7 Å². The lowest BCUT2D eigenvalue weighted by Crippen LogP contribution is -2.05. The average Bonchev–Trinajstić information content (AvgIpc) is 2.50. The summed E-state index contributed by atoms with van der Waals surface area (Å²) in [5, 5.41) is 3.59. The van der Waals surface area contributed by atoms with Crippen LogP contribution < -0.4 is 10.1 Å². The van der Waals surface area contributed by atoms with Crippen molar-refractivity contribution in [1.29, 1.82) is 0 Å². The zero-order valence-corrected chi connectivity index (χ0v) is 13.4. The largest absolute Gasteiger partial charge is 0.438 e. The molecule has 0 saturated heterocycles. The maximum Gasteiger partial charge on any atom is 0.238 e. The quantitative estimate of drug-likeness (QED) is 0.835. The summed E-state index contributed by atoms with van der Waals surface area (Å²) in [7, 11) is 1.89. The Labute approximate surface area is 131 Å². The number of ether oxygens (including phenoxy) is 1. The first-order chi connectivity index (χ1) is 10.1. The predicted molar refractivity (Wildman–Crippen MR) is 87.2 cm³/mol. The van der Waals surface area contributed by atoms with Crippen LogP contribution in [-0.4, -0.2) is 12.0 Å². The summed E-state index contributed by atoms with van der Waals surface area (Å²) in [5.74, 6) is 1.74. The van der Waals surface area contributed by atoms with Crippen molar-refractivity contribution in [1.82, 2.24) is 10.3 Å². The molecule has 0 aliphatic rings. The normalized spacial score (nSPS) is 12.2. The van der Waals surface area contributed by atoms with E-state index in [-0.39, 0.29) is 0 Å². The maximum absolute atomic E-state index is 6.20. The van der Waals surface area contributed by atoms with Crippen LogP contribution in [-0.2, 0) is 6.54 Å². The molecule has 0 bridgehead atoms. The third-order valence-electron chi connectivity index (χ3n) is 3.52. The topological polar surface area (TPSA) is 34.1 Å². The molecule has 1 aromatic heterocycles. The Kier molecular flexibility index (Phi) is 5.59. The van der Waals surface area contributed by atoms with Crippen molar-refractivity contribution in [3.05, 3.63) is 52.7 Å². The lowest BCUT2D eigenvalue weighted by atomic mass is 9.99. The summed E-state index contributed by atoms with van der Waals surface area (Å²) in [6, 6.07) is 9.97. The Morgan fingerprint density at radius 2 is 2.00 bits per heavy atom.